The van der Waals surface area contributed by atoms with Crippen molar-refractivity contribution in [1.29, 1.82) is 0 Å². The molecule has 0 radical (unpaired) electrons. The highest BCUT2D eigenvalue weighted by atomic mass is 16.3. The molecule has 1 aromatic heterocycles. The van der Waals surface area contributed by atoms with Gasteiger partial charge in [-0.2, -0.15) is 5.10 Å². The number of aliphatic hydroxyl groups is 1. The summed E-state index contributed by atoms with van der Waals surface area (Å²) in [7, 11) is 0. The van der Waals surface area contributed by atoms with Gasteiger partial charge in [-0.15, -0.1) is 0 Å². The maximum atomic E-state index is 8.95. The van der Waals surface area contributed by atoms with E-state index in [9.17, 15) is 0 Å². The second-order valence-corrected chi connectivity index (χ2v) is 5.59. The van der Waals surface area contributed by atoms with Crippen LogP contribution in [0.1, 0.15) is 35.9 Å². The topological polar surface area (TPSA) is 50.1 Å². The maximum Gasteiger partial charge on any atom is 0.0662 e. The summed E-state index contributed by atoms with van der Waals surface area (Å²) in [6.45, 7) is 8.10. The molecule has 114 valence electrons. The molecule has 2 N–H and O–H groups in total. The van der Waals surface area contributed by atoms with Crippen LogP contribution in [0, 0.1) is 13.8 Å². The average Bonchev–Trinajstić information content (AvgIpc) is 2.73. The van der Waals surface area contributed by atoms with Crippen molar-refractivity contribution < 1.29 is 5.11 Å². The molecule has 0 saturated carbocycles. The highest BCUT2D eigenvalue weighted by Crippen LogP contribution is 2.15. The van der Waals surface area contributed by atoms with Gasteiger partial charge in [0.15, 0.2) is 0 Å². The highest BCUT2D eigenvalue weighted by molar-refractivity contribution is 5.26. The van der Waals surface area contributed by atoms with E-state index in [-0.39, 0.29) is 6.61 Å². The Balaban J connectivity index is 2.07. The van der Waals surface area contributed by atoms with Crippen molar-refractivity contribution in [3.05, 3.63) is 52.8 Å². The minimum Gasteiger partial charge on any atom is -0.396 e. The summed E-state index contributed by atoms with van der Waals surface area (Å²) in [6, 6.07) is 10.7. The Morgan fingerprint density at radius 2 is 1.95 bits per heavy atom. The molecule has 4 nitrogen and oxygen atoms in total. The average molecular weight is 287 g/mol. The van der Waals surface area contributed by atoms with Crippen LogP contribution in [0.3, 0.4) is 0 Å². The molecule has 2 rings (SSSR count). The van der Waals surface area contributed by atoms with E-state index in [2.05, 4.69) is 60.1 Å². The van der Waals surface area contributed by atoms with Crippen molar-refractivity contribution in [3.8, 4) is 0 Å². The minimum atomic E-state index is 0.222. The Morgan fingerprint density at radius 3 is 2.62 bits per heavy atom. The van der Waals surface area contributed by atoms with E-state index < -0.39 is 0 Å². The first-order chi connectivity index (χ1) is 10.1. The van der Waals surface area contributed by atoms with Crippen molar-refractivity contribution in [2.75, 3.05) is 6.61 Å². The molecule has 1 unspecified atom stereocenters. The summed E-state index contributed by atoms with van der Waals surface area (Å²) < 4.78 is 2.07. The van der Waals surface area contributed by atoms with Crippen LogP contribution in [0.2, 0.25) is 0 Å². The van der Waals surface area contributed by atoms with Crippen molar-refractivity contribution in [2.24, 2.45) is 0 Å². The molecule has 0 aliphatic carbocycles. The van der Waals surface area contributed by atoms with E-state index >= 15 is 0 Å². The number of nitrogens with one attached hydrogen (secondary N) is 1. The fraction of sp³-hybridized carbons (Fsp3) is 0.471. The number of hydrogen-bond donors (Lipinski definition) is 2. The Morgan fingerprint density at radius 1 is 1.24 bits per heavy atom. The first-order valence-corrected chi connectivity index (χ1v) is 7.53. The second kappa shape index (κ2) is 7.38. The predicted molar refractivity (Wildman–Crippen MR) is 85.2 cm³/mol. The zero-order valence-electron chi connectivity index (χ0n) is 13.1. The highest BCUT2D eigenvalue weighted by Gasteiger charge is 2.12. The van der Waals surface area contributed by atoms with Gasteiger partial charge in [0.25, 0.3) is 0 Å². The van der Waals surface area contributed by atoms with Gasteiger partial charge in [0.1, 0.15) is 0 Å². The molecule has 0 bridgehead atoms. The molecule has 1 aromatic carbocycles. The molecular formula is C17H25N3O. The standard InChI is InChI=1S/C17H25N3O/c1-13(9-10-21)18-11-17-14(2)19-20(15(17)3)12-16-7-5-4-6-8-16/h4-8,13,18,21H,9-12H2,1-3H3. The summed E-state index contributed by atoms with van der Waals surface area (Å²) in [4.78, 5) is 0. The van der Waals surface area contributed by atoms with E-state index in [0.717, 1.165) is 25.2 Å². The summed E-state index contributed by atoms with van der Waals surface area (Å²) in [5.41, 5.74) is 4.80. The molecule has 21 heavy (non-hydrogen) atoms. The van der Waals surface area contributed by atoms with Crippen LogP contribution in [0.5, 0.6) is 0 Å². The van der Waals surface area contributed by atoms with Crippen LogP contribution >= 0.6 is 0 Å². The number of rotatable bonds is 7. The summed E-state index contributed by atoms with van der Waals surface area (Å²) in [5, 5.41) is 17.1. The SMILES string of the molecule is Cc1nn(Cc2ccccc2)c(C)c1CNC(C)CCO. The van der Waals surface area contributed by atoms with E-state index in [1.807, 2.05) is 6.07 Å². The van der Waals surface area contributed by atoms with Crippen LogP contribution in [0.25, 0.3) is 0 Å². The Labute approximate surface area is 126 Å². The minimum absolute atomic E-state index is 0.222. The van der Waals surface area contributed by atoms with Crippen molar-refractivity contribution in [1.82, 2.24) is 15.1 Å². The van der Waals surface area contributed by atoms with Gasteiger partial charge in [0, 0.05) is 30.5 Å². The lowest BCUT2D eigenvalue weighted by Gasteiger charge is -2.12. The largest absolute Gasteiger partial charge is 0.396 e. The van der Waals surface area contributed by atoms with Gasteiger partial charge in [-0.1, -0.05) is 30.3 Å². The normalized spacial score (nSPS) is 12.6. The molecule has 0 spiro atoms. The van der Waals surface area contributed by atoms with E-state index in [1.54, 1.807) is 0 Å². The molecule has 4 heteroatoms. The number of aliphatic hydroxyl groups excluding tert-OH is 1. The second-order valence-electron chi connectivity index (χ2n) is 5.59. The molecule has 0 aliphatic rings. The third-order valence-electron chi connectivity index (χ3n) is 3.90. The van der Waals surface area contributed by atoms with Crippen LogP contribution in [0.15, 0.2) is 30.3 Å². The quantitative estimate of drug-likeness (QED) is 0.822. The number of nitrogens with zero attached hydrogens (tertiary/aromatic N) is 2. The lowest BCUT2D eigenvalue weighted by molar-refractivity contribution is 0.268. The lowest BCUT2D eigenvalue weighted by Crippen LogP contribution is -2.26. The van der Waals surface area contributed by atoms with Gasteiger partial charge >= 0.3 is 0 Å². The molecule has 0 aliphatic heterocycles. The maximum absolute atomic E-state index is 8.95. The van der Waals surface area contributed by atoms with Crippen LogP contribution in [-0.2, 0) is 13.1 Å². The third-order valence-corrected chi connectivity index (χ3v) is 3.90. The zero-order valence-corrected chi connectivity index (χ0v) is 13.1. The molecule has 2 aromatic rings. The molecule has 1 heterocycles. The van der Waals surface area contributed by atoms with E-state index in [4.69, 9.17) is 5.11 Å². The van der Waals surface area contributed by atoms with Gasteiger partial charge < -0.3 is 10.4 Å². The first kappa shape index (κ1) is 15.7. The number of hydrogen-bond acceptors (Lipinski definition) is 3. The monoisotopic (exact) mass is 287 g/mol. The Hall–Kier alpha value is -1.65. The van der Waals surface area contributed by atoms with Crippen molar-refractivity contribution >= 4 is 0 Å². The van der Waals surface area contributed by atoms with E-state index in [1.165, 1.54) is 16.8 Å². The molecule has 0 saturated heterocycles. The molecule has 0 fully saturated rings. The van der Waals surface area contributed by atoms with E-state index in [0.29, 0.717) is 6.04 Å². The number of aromatic nitrogens is 2. The van der Waals surface area contributed by atoms with Gasteiger partial charge in [-0.05, 0) is 32.8 Å². The number of benzene rings is 1. The van der Waals surface area contributed by atoms with Gasteiger partial charge in [0.2, 0.25) is 0 Å². The first-order valence-electron chi connectivity index (χ1n) is 7.53. The third kappa shape index (κ3) is 4.16. The zero-order chi connectivity index (χ0) is 15.2. The van der Waals surface area contributed by atoms with Crippen LogP contribution < -0.4 is 5.32 Å². The Kier molecular flexibility index (Phi) is 5.53. The predicted octanol–water partition coefficient (Wildman–Crippen LogP) is 2.41. The van der Waals surface area contributed by atoms with Crippen LogP contribution in [0.4, 0.5) is 0 Å². The van der Waals surface area contributed by atoms with Crippen molar-refractivity contribution in [2.45, 2.75) is 46.3 Å². The number of aryl methyl sites for hydroxylation is 1. The van der Waals surface area contributed by atoms with Crippen LogP contribution in [-0.4, -0.2) is 27.5 Å². The van der Waals surface area contributed by atoms with Crippen molar-refractivity contribution in [3.63, 3.8) is 0 Å². The van der Waals surface area contributed by atoms with Gasteiger partial charge in [-0.25, -0.2) is 0 Å². The fourth-order valence-electron chi connectivity index (χ4n) is 2.47. The molecule has 1 atom stereocenters. The lowest BCUT2D eigenvalue weighted by atomic mass is 10.1. The smallest absolute Gasteiger partial charge is 0.0662 e. The summed E-state index contributed by atoms with van der Waals surface area (Å²) >= 11 is 0. The fourth-order valence-corrected chi connectivity index (χ4v) is 2.47. The molecule has 0 amide bonds. The van der Waals surface area contributed by atoms with Gasteiger partial charge in [-0.3, -0.25) is 4.68 Å². The molecular weight excluding hydrogens is 262 g/mol. The van der Waals surface area contributed by atoms with Gasteiger partial charge in [0.05, 0.1) is 12.2 Å². The summed E-state index contributed by atoms with van der Waals surface area (Å²) in [5.74, 6) is 0. The summed E-state index contributed by atoms with van der Waals surface area (Å²) in [6.07, 6.45) is 0.774. The Bertz CT molecular complexity index is 563.